The standard InChI is InChI=1S/C8H8O2.2C2H6.HI/c1-6(9)7-3-2-4-8(10)5-7;2*1-2;/h2-5,10H,1H3;2*1-2H3;1H. The van der Waals surface area contributed by atoms with Crippen LogP contribution in [0, 0.1) is 0 Å². The molecule has 0 fully saturated rings. The third-order valence-corrected chi connectivity index (χ3v) is 1.25. The number of phenols is 1. The highest BCUT2D eigenvalue weighted by molar-refractivity contribution is 14.0. The van der Waals surface area contributed by atoms with E-state index in [1.54, 1.807) is 12.1 Å². The molecule has 0 saturated carbocycles. The SMILES string of the molecule is CC.CC.CC(=O)c1cccc(O)c1.I. The molecule has 1 N–H and O–H groups in total. The van der Waals surface area contributed by atoms with Gasteiger partial charge in [0.2, 0.25) is 0 Å². The Balaban J connectivity index is -0.000000258. The van der Waals surface area contributed by atoms with Gasteiger partial charge >= 0.3 is 0 Å². The van der Waals surface area contributed by atoms with Crippen molar-refractivity contribution in [3.8, 4) is 5.75 Å². The van der Waals surface area contributed by atoms with Crippen molar-refractivity contribution < 1.29 is 9.90 Å². The molecule has 0 amide bonds. The third kappa shape index (κ3) is 9.72. The molecule has 0 heterocycles. The second-order valence-electron chi connectivity index (χ2n) is 2.11. The molecule has 1 aromatic carbocycles. The Labute approximate surface area is 110 Å². The molecule has 0 radical (unpaired) electrons. The van der Waals surface area contributed by atoms with Crippen LogP contribution < -0.4 is 0 Å². The van der Waals surface area contributed by atoms with Crippen LogP contribution >= 0.6 is 24.0 Å². The Bertz CT molecular complexity index is 260. The fraction of sp³-hybridized carbons (Fsp3) is 0.417. The summed E-state index contributed by atoms with van der Waals surface area (Å²) < 4.78 is 0. The minimum absolute atomic E-state index is 0. The normalized spacial score (nSPS) is 7.00. The summed E-state index contributed by atoms with van der Waals surface area (Å²) >= 11 is 0. The number of Topliss-reactive ketones (excluding diaryl/α,β-unsaturated/α-hetero) is 1. The number of carbonyl (C=O) groups is 1. The zero-order valence-electron chi connectivity index (χ0n) is 10.1. The van der Waals surface area contributed by atoms with Crippen molar-refractivity contribution in [2.75, 3.05) is 0 Å². The minimum atomic E-state index is -0.0316. The molecule has 0 unspecified atom stereocenters. The van der Waals surface area contributed by atoms with E-state index < -0.39 is 0 Å². The summed E-state index contributed by atoms with van der Waals surface area (Å²) in [5, 5.41) is 8.91. The molecule has 1 aromatic rings. The van der Waals surface area contributed by atoms with Gasteiger partial charge in [-0.1, -0.05) is 39.8 Å². The van der Waals surface area contributed by atoms with E-state index in [1.165, 1.54) is 19.1 Å². The van der Waals surface area contributed by atoms with Crippen LogP contribution in [0.3, 0.4) is 0 Å². The van der Waals surface area contributed by atoms with Crippen molar-refractivity contribution in [2.45, 2.75) is 34.6 Å². The van der Waals surface area contributed by atoms with Crippen LogP contribution in [-0.2, 0) is 0 Å². The number of carbonyl (C=O) groups excluding carboxylic acids is 1. The molecule has 88 valence electrons. The predicted octanol–water partition coefficient (Wildman–Crippen LogP) is 4.27. The highest BCUT2D eigenvalue weighted by atomic mass is 127. The third-order valence-electron chi connectivity index (χ3n) is 1.25. The van der Waals surface area contributed by atoms with Crippen LogP contribution in [0.5, 0.6) is 5.75 Å². The number of ketones is 1. The average molecular weight is 324 g/mol. The van der Waals surface area contributed by atoms with Gasteiger partial charge in [0.05, 0.1) is 0 Å². The molecule has 0 aliphatic heterocycles. The highest BCUT2D eigenvalue weighted by Gasteiger charge is 1.97. The van der Waals surface area contributed by atoms with Gasteiger partial charge in [0.15, 0.2) is 5.78 Å². The van der Waals surface area contributed by atoms with Crippen molar-refractivity contribution in [2.24, 2.45) is 0 Å². The number of benzene rings is 1. The second kappa shape index (κ2) is 13.4. The molecule has 0 aromatic heterocycles. The summed E-state index contributed by atoms with van der Waals surface area (Å²) in [6, 6.07) is 6.29. The average Bonchev–Trinajstić information content (AvgIpc) is 2.24. The lowest BCUT2D eigenvalue weighted by Gasteiger charge is -1.93. The van der Waals surface area contributed by atoms with E-state index in [-0.39, 0.29) is 35.5 Å². The smallest absolute Gasteiger partial charge is 0.159 e. The van der Waals surface area contributed by atoms with Gasteiger partial charge in [-0.05, 0) is 19.1 Å². The molecule has 2 nitrogen and oxygen atoms in total. The lowest BCUT2D eigenvalue weighted by molar-refractivity contribution is 0.101. The molecule has 1 rings (SSSR count). The van der Waals surface area contributed by atoms with Gasteiger partial charge in [0.25, 0.3) is 0 Å². The first-order valence-corrected chi connectivity index (χ1v) is 5.00. The maximum Gasteiger partial charge on any atom is 0.159 e. The number of hydrogen-bond acceptors (Lipinski definition) is 2. The molecule has 0 saturated heterocycles. The number of aromatic hydroxyl groups is 1. The molecular formula is C12H21IO2. The zero-order valence-corrected chi connectivity index (χ0v) is 12.4. The van der Waals surface area contributed by atoms with Crippen molar-refractivity contribution >= 4 is 29.8 Å². The van der Waals surface area contributed by atoms with E-state index in [0.717, 1.165) is 0 Å². The Morgan fingerprint density at radius 2 is 1.60 bits per heavy atom. The number of rotatable bonds is 1. The summed E-state index contributed by atoms with van der Waals surface area (Å²) in [6.07, 6.45) is 0. The zero-order chi connectivity index (χ0) is 11.6. The van der Waals surface area contributed by atoms with Gasteiger partial charge < -0.3 is 5.11 Å². The molecule has 15 heavy (non-hydrogen) atoms. The van der Waals surface area contributed by atoms with Gasteiger partial charge in [0.1, 0.15) is 5.75 Å². The van der Waals surface area contributed by atoms with E-state index in [4.69, 9.17) is 5.11 Å². The monoisotopic (exact) mass is 324 g/mol. The van der Waals surface area contributed by atoms with Crippen LogP contribution in [0.4, 0.5) is 0 Å². The van der Waals surface area contributed by atoms with Gasteiger partial charge in [-0.15, -0.1) is 24.0 Å². The van der Waals surface area contributed by atoms with Gasteiger partial charge in [-0.2, -0.15) is 0 Å². The van der Waals surface area contributed by atoms with Crippen LogP contribution in [0.1, 0.15) is 45.0 Å². The first-order valence-electron chi connectivity index (χ1n) is 5.00. The van der Waals surface area contributed by atoms with Crippen molar-refractivity contribution in [1.82, 2.24) is 0 Å². The number of halogens is 1. The fourth-order valence-corrected chi connectivity index (χ4v) is 0.725. The highest BCUT2D eigenvalue weighted by Crippen LogP contribution is 2.10. The lowest BCUT2D eigenvalue weighted by Crippen LogP contribution is -1.89. The fourth-order valence-electron chi connectivity index (χ4n) is 0.725. The number of phenolic OH excluding ortho intramolecular Hbond substituents is 1. The van der Waals surface area contributed by atoms with E-state index in [9.17, 15) is 4.79 Å². The Kier molecular flexibility index (Phi) is 17.8. The summed E-state index contributed by atoms with van der Waals surface area (Å²) in [5.74, 6) is 0.101. The maximum atomic E-state index is 10.7. The van der Waals surface area contributed by atoms with E-state index in [0.29, 0.717) is 5.56 Å². The van der Waals surface area contributed by atoms with E-state index in [2.05, 4.69) is 0 Å². The molecule has 0 bridgehead atoms. The predicted molar refractivity (Wildman–Crippen MR) is 76.2 cm³/mol. The van der Waals surface area contributed by atoms with Crippen LogP contribution in [0.25, 0.3) is 0 Å². The van der Waals surface area contributed by atoms with Crippen molar-refractivity contribution in [3.63, 3.8) is 0 Å². The summed E-state index contributed by atoms with van der Waals surface area (Å²) in [4.78, 5) is 10.7. The Morgan fingerprint density at radius 1 is 1.13 bits per heavy atom. The van der Waals surface area contributed by atoms with Gasteiger partial charge in [0, 0.05) is 5.56 Å². The minimum Gasteiger partial charge on any atom is -0.508 e. The van der Waals surface area contributed by atoms with Gasteiger partial charge in [-0.3, -0.25) is 4.79 Å². The first kappa shape index (κ1) is 19.9. The molecule has 0 aliphatic carbocycles. The summed E-state index contributed by atoms with van der Waals surface area (Å²) in [7, 11) is 0. The van der Waals surface area contributed by atoms with E-state index >= 15 is 0 Å². The number of hydrogen-bond donors (Lipinski definition) is 1. The molecular weight excluding hydrogens is 303 g/mol. The van der Waals surface area contributed by atoms with E-state index in [1.807, 2.05) is 27.7 Å². The van der Waals surface area contributed by atoms with Crippen LogP contribution in [0.15, 0.2) is 24.3 Å². The molecule has 0 aliphatic rings. The second-order valence-corrected chi connectivity index (χ2v) is 2.11. The largest absolute Gasteiger partial charge is 0.508 e. The van der Waals surface area contributed by atoms with Crippen molar-refractivity contribution in [1.29, 1.82) is 0 Å². The molecule has 0 atom stereocenters. The lowest BCUT2D eigenvalue weighted by atomic mass is 10.1. The Hall–Kier alpha value is -0.580. The van der Waals surface area contributed by atoms with Crippen molar-refractivity contribution in [3.05, 3.63) is 29.8 Å². The van der Waals surface area contributed by atoms with Crippen LogP contribution in [-0.4, -0.2) is 10.9 Å². The first-order chi connectivity index (χ1) is 6.70. The summed E-state index contributed by atoms with van der Waals surface area (Å²) in [5.41, 5.74) is 0.542. The quantitative estimate of drug-likeness (QED) is 0.619. The van der Waals surface area contributed by atoms with Gasteiger partial charge in [-0.25, -0.2) is 0 Å². The van der Waals surface area contributed by atoms with Crippen LogP contribution in [0.2, 0.25) is 0 Å². The topological polar surface area (TPSA) is 37.3 Å². The Morgan fingerprint density at radius 3 is 1.87 bits per heavy atom. The summed E-state index contributed by atoms with van der Waals surface area (Å²) in [6.45, 7) is 9.47. The molecule has 3 heteroatoms. The molecule has 0 spiro atoms. The maximum absolute atomic E-state index is 10.7.